The maximum absolute atomic E-state index is 13.3. The Morgan fingerprint density at radius 1 is 1.32 bits per heavy atom. The molecule has 7 heteroatoms. The molecule has 0 aromatic carbocycles. The molecule has 2 N–H and O–H groups in total. The van der Waals surface area contributed by atoms with Crippen molar-refractivity contribution in [3.05, 3.63) is 22.2 Å². The molecule has 1 aliphatic carbocycles. The number of hydrogen-bond donors (Lipinski definition) is 1. The van der Waals surface area contributed by atoms with Crippen LogP contribution in [0.4, 0.5) is 5.69 Å². The van der Waals surface area contributed by atoms with Gasteiger partial charge in [0.2, 0.25) is 0 Å². The number of ether oxygens (including phenoxy) is 1. The van der Waals surface area contributed by atoms with Gasteiger partial charge in [-0.15, -0.1) is 11.3 Å². The van der Waals surface area contributed by atoms with Gasteiger partial charge < -0.3 is 15.4 Å². The monoisotopic (exact) mass is 443 g/mol. The van der Waals surface area contributed by atoms with E-state index in [0.717, 1.165) is 48.0 Å². The molecule has 0 radical (unpaired) electrons. The molecule has 0 saturated carbocycles. The Labute approximate surface area is 188 Å². The second-order valence-electron chi connectivity index (χ2n) is 9.94. The summed E-state index contributed by atoms with van der Waals surface area (Å²) in [6.07, 6.45) is 4.68. The third kappa shape index (κ3) is 4.29. The highest BCUT2D eigenvalue weighted by Gasteiger charge is 2.33. The van der Waals surface area contributed by atoms with Crippen molar-refractivity contribution >= 4 is 39.1 Å². The smallest absolute Gasteiger partial charge is 0.310 e. The first-order valence-electron chi connectivity index (χ1n) is 11.4. The molecule has 0 spiro atoms. The van der Waals surface area contributed by atoms with Crippen molar-refractivity contribution < 1.29 is 14.3 Å². The van der Waals surface area contributed by atoms with Crippen molar-refractivity contribution in [2.75, 3.05) is 25.4 Å². The van der Waals surface area contributed by atoms with Gasteiger partial charge in [-0.25, -0.2) is 4.98 Å². The highest BCUT2D eigenvalue weighted by atomic mass is 32.1. The summed E-state index contributed by atoms with van der Waals surface area (Å²) in [5.41, 5.74) is 9.67. The number of nitrogen functional groups attached to an aromatic ring is 1. The van der Waals surface area contributed by atoms with Crippen molar-refractivity contribution in [3.63, 3.8) is 0 Å². The van der Waals surface area contributed by atoms with Crippen molar-refractivity contribution in [1.82, 2.24) is 9.88 Å². The molecule has 2 unspecified atom stereocenters. The number of aromatic nitrogens is 1. The van der Waals surface area contributed by atoms with Gasteiger partial charge in [0.15, 0.2) is 0 Å². The van der Waals surface area contributed by atoms with Crippen LogP contribution >= 0.6 is 11.3 Å². The summed E-state index contributed by atoms with van der Waals surface area (Å²) in [5, 5.41) is 0.889. The van der Waals surface area contributed by atoms with Crippen LogP contribution in [0.3, 0.4) is 0 Å². The topological polar surface area (TPSA) is 85.5 Å². The molecule has 0 bridgehead atoms. The van der Waals surface area contributed by atoms with E-state index in [1.54, 1.807) is 11.8 Å². The molecule has 1 aliphatic heterocycles. The van der Waals surface area contributed by atoms with Gasteiger partial charge in [0.05, 0.1) is 18.2 Å². The molecule has 6 nitrogen and oxygen atoms in total. The molecule has 1 saturated heterocycles. The summed E-state index contributed by atoms with van der Waals surface area (Å²) in [6, 6.07) is 2.16. The fraction of sp³-hybridized carbons (Fsp3) is 0.625. The molecule has 2 aromatic rings. The standard InChI is InChI=1S/C24H33N3O3S/c1-5-30-23(29)14-7-6-10-27(13-14)22(28)20-19(25)17-12-15-11-16(24(2,3)4)8-9-18(15)26-21(17)31-20/h12,14,16H,5-11,13,25H2,1-4H3. The maximum Gasteiger partial charge on any atom is 0.310 e. The molecule has 1 fully saturated rings. The van der Waals surface area contributed by atoms with Gasteiger partial charge in [-0.2, -0.15) is 0 Å². The van der Waals surface area contributed by atoms with E-state index < -0.39 is 0 Å². The van der Waals surface area contributed by atoms with Gasteiger partial charge in [0, 0.05) is 24.2 Å². The van der Waals surface area contributed by atoms with Crippen LogP contribution in [-0.4, -0.2) is 41.5 Å². The van der Waals surface area contributed by atoms with Gasteiger partial charge >= 0.3 is 5.97 Å². The van der Waals surface area contributed by atoms with E-state index in [2.05, 4.69) is 26.8 Å². The van der Waals surface area contributed by atoms with Crippen molar-refractivity contribution in [2.24, 2.45) is 17.3 Å². The quantitative estimate of drug-likeness (QED) is 0.709. The van der Waals surface area contributed by atoms with E-state index in [1.807, 2.05) is 0 Å². The molecule has 3 heterocycles. The van der Waals surface area contributed by atoms with Crippen LogP contribution < -0.4 is 5.73 Å². The Kier molecular flexibility index (Phi) is 5.99. The Morgan fingerprint density at radius 2 is 2.10 bits per heavy atom. The number of rotatable bonds is 3. The normalized spacial score (nSPS) is 21.7. The molecule has 2 aromatic heterocycles. The van der Waals surface area contributed by atoms with Crippen molar-refractivity contribution in [3.8, 4) is 0 Å². The summed E-state index contributed by atoms with van der Waals surface area (Å²) in [4.78, 5) is 33.5. The number of aryl methyl sites for hydroxylation is 1. The lowest BCUT2D eigenvalue weighted by atomic mass is 9.71. The van der Waals surface area contributed by atoms with Crippen LogP contribution in [0.2, 0.25) is 0 Å². The minimum Gasteiger partial charge on any atom is -0.466 e. The van der Waals surface area contributed by atoms with E-state index in [1.165, 1.54) is 16.9 Å². The summed E-state index contributed by atoms with van der Waals surface area (Å²) >= 11 is 1.38. The van der Waals surface area contributed by atoms with Crippen LogP contribution in [-0.2, 0) is 22.4 Å². The van der Waals surface area contributed by atoms with Gasteiger partial charge in [-0.1, -0.05) is 20.8 Å². The average Bonchev–Trinajstić information content (AvgIpc) is 3.06. The Hall–Kier alpha value is -2.15. The Morgan fingerprint density at radius 3 is 2.81 bits per heavy atom. The SMILES string of the molecule is CCOC(=O)C1CCCN(C(=O)c2sc3nc4c(cc3c2N)CC(C(C)(C)C)CC4)C1. The zero-order valence-electron chi connectivity index (χ0n) is 19.0. The molecule has 2 atom stereocenters. The fourth-order valence-corrected chi connectivity index (χ4v) is 5.91. The van der Waals surface area contributed by atoms with E-state index in [0.29, 0.717) is 36.2 Å². The van der Waals surface area contributed by atoms with E-state index in [9.17, 15) is 9.59 Å². The van der Waals surface area contributed by atoms with E-state index >= 15 is 0 Å². The predicted molar refractivity (Wildman–Crippen MR) is 124 cm³/mol. The zero-order chi connectivity index (χ0) is 22.3. The molecule has 31 heavy (non-hydrogen) atoms. The van der Waals surface area contributed by atoms with E-state index in [-0.39, 0.29) is 23.2 Å². The van der Waals surface area contributed by atoms with Gasteiger partial charge in [0.25, 0.3) is 5.91 Å². The number of esters is 1. The number of piperidine rings is 1. The number of pyridine rings is 1. The summed E-state index contributed by atoms with van der Waals surface area (Å²) in [6.45, 7) is 10.1. The number of nitrogens with zero attached hydrogens (tertiary/aromatic N) is 2. The minimum absolute atomic E-state index is 0.0972. The van der Waals surface area contributed by atoms with Crippen LogP contribution in [0.15, 0.2) is 6.07 Å². The number of fused-ring (bicyclic) bond motifs is 2. The first kappa shape index (κ1) is 22.1. The van der Waals surface area contributed by atoms with Gasteiger partial charge in [-0.05, 0) is 62.0 Å². The lowest BCUT2D eigenvalue weighted by molar-refractivity contribution is -0.149. The molecule has 168 valence electrons. The fourth-order valence-electron chi connectivity index (χ4n) is 4.85. The first-order valence-corrected chi connectivity index (χ1v) is 12.2. The zero-order valence-corrected chi connectivity index (χ0v) is 19.8. The van der Waals surface area contributed by atoms with Gasteiger partial charge in [-0.3, -0.25) is 9.59 Å². The van der Waals surface area contributed by atoms with Crippen molar-refractivity contribution in [1.29, 1.82) is 0 Å². The molecular formula is C24H33N3O3S. The molecule has 2 aliphatic rings. The minimum atomic E-state index is -0.256. The number of anilines is 1. The Bertz CT molecular complexity index is 1010. The lowest BCUT2D eigenvalue weighted by Gasteiger charge is -2.34. The second kappa shape index (κ2) is 8.41. The highest BCUT2D eigenvalue weighted by molar-refractivity contribution is 7.21. The number of carbonyl (C=O) groups is 2. The summed E-state index contributed by atoms with van der Waals surface area (Å²) in [7, 11) is 0. The third-order valence-corrected chi connectivity index (χ3v) is 7.94. The third-order valence-electron chi connectivity index (χ3n) is 6.83. The summed E-state index contributed by atoms with van der Waals surface area (Å²) in [5.74, 6) is 0.0495. The first-order chi connectivity index (χ1) is 14.7. The molecule has 4 rings (SSSR count). The second-order valence-corrected chi connectivity index (χ2v) is 10.9. The largest absolute Gasteiger partial charge is 0.466 e. The number of likely N-dealkylation sites (tertiary alicyclic amines) is 1. The van der Waals surface area contributed by atoms with Crippen LogP contribution in [0, 0.1) is 17.3 Å². The van der Waals surface area contributed by atoms with Gasteiger partial charge in [0.1, 0.15) is 9.71 Å². The van der Waals surface area contributed by atoms with Crippen LogP contribution in [0.5, 0.6) is 0 Å². The maximum atomic E-state index is 13.3. The van der Waals surface area contributed by atoms with Crippen molar-refractivity contribution in [2.45, 2.75) is 59.8 Å². The molecule has 1 amide bonds. The number of carbonyl (C=O) groups excluding carboxylic acids is 2. The number of amides is 1. The highest BCUT2D eigenvalue weighted by Crippen LogP contribution is 2.40. The number of thiophene rings is 1. The average molecular weight is 444 g/mol. The number of nitrogens with two attached hydrogens (primary N) is 1. The predicted octanol–water partition coefficient (Wildman–Crippen LogP) is 4.44. The lowest BCUT2D eigenvalue weighted by Crippen LogP contribution is -2.42. The van der Waals surface area contributed by atoms with Crippen LogP contribution in [0.1, 0.15) is 67.9 Å². The summed E-state index contributed by atoms with van der Waals surface area (Å²) < 4.78 is 5.17. The van der Waals surface area contributed by atoms with E-state index in [4.69, 9.17) is 15.5 Å². The van der Waals surface area contributed by atoms with Crippen LogP contribution in [0.25, 0.3) is 10.2 Å². The number of hydrogen-bond acceptors (Lipinski definition) is 6. The Balaban J connectivity index is 1.60. The molecular weight excluding hydrogens is 410 g/mol.